The van der Waals surface area contributed by atoms with Crippen LogP contribution in [0.5, 0.6) is 5.75 Å². The zero-order valence-corrected chi connectivity index (χ0v) is 15.3. The van der Waals surface area contributed by atoms with Crippen molar-refractivity contribution in [2.24, 2.45) is 0 Å². The molecule has 1 atom stereocenters. The smallest absolute Gasteiger partial charge is 0.265 e. The van der Waals surface area contributed by atoms with Crippen molar-refractivity contribution in [3.05, 3.63) is 57.0 Å². The van der Waals surface area contributed by atoms with Gasteiger partial charge in [-0.25, -0.2) is 0 Å². The van der Waals surface area contributed by atoms with E-state index in [0.717, 1.165) is 5.56 Å². The standard InChI is InChI=1S/C17H15BrClNO4/c1-9-7-12(19)4-6-15(9)24-10(2)16(21)20-14-5-3-11(18)8-13(14)17(22)23/h3-8,10H,1-2H3,(H,20,21)(H,22,23)/p-1/t10-/m0/s1. The summed E-state index contributed by atoms with van der Waals surface area (Å²) in [6, 6.07) is 9.53. The molecule has 24 heavy (non-hydrogen) atoms. The Morgan fingerprint density at radius 1 is 1.25 bits per heavy atom. The third-order valence-corrected chi connectivity index (χ3v) is 4.00. The van der Waals surface area contributed by atoms with E-state index >= 15 is 0 Å². The Kier molecular flexibility index (Phi) is 5.85. The molecule has 0 aliphatic rings. The number of carboxylic acids is 1. The average molecular weight is 412 g/mol. The van der Waals surface area contributed by atoms with Crippen LogP contribution in [0.2, 0.25) is 5.02 Å². The summed E-state index contributed by atoms with van der Waals surface area (Å²) in [6.45, 7) is 3.38. The van der Waals surface area contributed by atoms with Crippen LogP contribution in [-0.4, -0.2) is 18.0 Å². The first-order valence-corrected chi connectivity index (χ1v) is 8.19. The molecule has 0 saturated carbocycles. The first kappa shape index (κ1) is 18.3. The maximum Gasteiger partial charge on any atom is 0.265 e. The van der Waals surface area contributed by atoms with Crippen molar-refractivity contribution < 1.29 is 19.4 Å². The molecule has 0 unspecified atom stereocenters. The summed E-state index contributed by atoms with van der Waals surface area (Å²) in [7, 11) is 0. The molecule has 2 aromatic rings. The molecule has 5 nitrogen and oxygen atoms in total. The van der Waals surface area contributed by atoms with Gasteiger partial charge in [-0.3, -0.25) is 4.79 Å². The molecule has 0 radical (unpaired) electrons. The predicted molar refractivity (Wildman–Crippen MR) is 93.4 cm³/mol. The van der Waals surface area contributed by atoms with Crippen LogP contribution in [0.3, 0.4) is 0 Å². The van der Waals surface area contributed by atoms with Gasteiger partial charge in [-0.15, -0.1) is 0 Å². The summed E-state index contributed by atoms with van der Waals surface area (Å²) in [5, 5.41) is 14.3. The van der Waals surface area contributed by atoms with Crippen molar-refractivity contribution in [2.75, 3.05) is 5.32 Å². The molecule has 1 N–H and O–H groups in total. The number of carbonyl (C=O) groups is 2. The quantitative estimate of drug-likeness (QED) is 0.819. The molecule has 0 aromatic heterocycles. The Morgan fingerprint density at radius 3 is 2.58 bits per heavy atom. The van der Waals surface area contributed by atoms with E-state index in [-0.39, 0.29) is 11.3 Å². The lowest BCUT2D eigenvalue weighted by Crippen LogP contribution is -2.32. The van der Waals surface area contributed by atoms with E-state index < -0.39 is 18.0 Å². The Bertz CT molecular complexity index is 794. The number of hydrogen-bond acceptors (Lipinski definition) is 4. The van der Waals surface area contributed by atoms with Gasteiger partial charge in [-0.05, 0) is 55.8 Å². The summed E-state index contributed by atoms with van der Waals surface area (Å²) in [5.41, 5.74) is 0.820. The third-order valence-electron chi connectivity index (χ3n) is 3.27. The minimum atomic E-state index is -1.38. The number of aryl methyl sites for hydroxylation is 1. The van der Waals surface area contributed by atoms with Crippen LogP contribution in [0, 0.1) is 6.92 Å². The van der Waals surface area contributed by atoms with Gasteiger partial charge in [0, 0.05) is 20.7 Å². The molecule has 2 rings (SSSR count). The number of carboxylic acid groups (broad SMARTS) is 1. The molecule has 126 valence electrons. The molecule has 1 amide bonds. The first-order chi connectivity index (χ1) is 11.3. The van der Waals surface area contributed by atoms with Crippen LogP contribution in [-0.2, 0) is 4.79 Å². The fourth-order valence-electron chi connectivity index (χ4n) is 2.02. The maximum absolute atomic E-state index is 12.3. The van der Waals surface area contributed by atoms with Crippen molar-refractivity contribution in [2.45, 2.75) is 20.0 Å². The maximum atomic E-state index is 12.3. The lowest BCUT2D eigenvalue weighted by Gasteiger charge is -2.18. The summed E-state index contributed by atoms with van der Waals surface area (Å²) in [5.74, 6) is -1.33. The number of nitrogens with one attached hydrogen (secondary N) is 1. The minimum Gasteiger partial charge on any atom is -0.545 e. The van der Waals surface area contributed by atoms with Crippen molar-refractivity contribution >= 4 is 45.1 Å². The average Bonchev–Trinajstić information content (AvgIpc) is 2.51. The van der Waals surface area contributed by atoms with Crippen LogP contribution in [0.1, 0.15) is 22.8 Å². The number of aromatic carboxylic acids is 1. The molecular formula is C17H14BrClNO4-. The zero-order valence-electron chi connectivity index (χ0n) is 12.9. The van der Waals surface area contributed by atoms with E-state index in [1.54, 1.807) is 31.2 Å². The summed E-state index contributed by atoms with van der Waals surface area (Å²) in [4.78, 5) is 23.4. The zero-order chi connectivity index (χ0) is 17.9. The van der Waals surface area contributed by atoms with E-state index in [1.165, 1.54) is 12.1 Å². The van der Waals surface area contributed by atoms with Gasteiger partial charge in [-0.2, -0.15) is 0 Å². The fraction of sp³-hybridized carbons (Fsp3) is 0.176. The molecule has 0 bridgehead atoms. The van der Waals surface area contributed by atoms with Crippen molar-refractivity contribution in [1.29, 1.82) is 0 Å². The normalized spacial score (nSPS) is 11.7. The third kappa shape index (κ3) is 4.49. The Labute approximate surface area is 152 Å². The number of benzene rings is 2. The van der Waals surface area contributed by atoms with E-state index in [0.29, 0.717) is 15.2 Å². The highest BCUT2D eigenvalue weighted by Gasteiger charge is 2.17. The molecule has 0 saturated heterocycles. The molecule has 0 aliphatic heterocycles. The van der Waals surface area contributed by atoms with Crippen LogP contribution in [0.4, 0.5) is 5.69 Å². The fourth-order valence-corrected chi connectivity index (χ4v) is 2.61. The van der Waals surface area contributed by atoms with E-state index in [2.05, 4.69) is 21.2 Å². The lowest BCUT2D eigenvalue weighted by molar-refractivity contribution is -0.254. The second kappa shape index (κ2) is 7.68. The number of hydrogen-bond donors (Lipinski definition) is 1. The largest absolute Gasteiger partial charge is 0.545 e. The highest BCUT2D eigenvalue weighted by molar-refractivity contribution is 9.10. The van der Waals surface area contributed by atoms with E-state index in [1.807, 2.05) is 6.92 Å². The van der Waals surface area contributed by atoms with Gasteiger partial charge in [0.2, 0.25) is 0 Å². The van der Waals surface area contributed by atoms with E-state index in [9.17, 15) is 14.7 Å². The summed E-state index contributed by atoms with van der Waals surface area (Å²) >= 11 is 9.06. The molecule has 2 aromatic carbocycles. The van der Waals surface area contributed by atoms with E-state index in [4.69, 9.17) is 16.3 Å². The monoisotopic (exact) mass is 410 g/mol. The number of carbonyl (C=O) groups excluding carboxylic acids is 2. The SMILES string of the molecule is Cc1cc(Cl)ccc1O[C@@H](C)C(=O)Nc1ccc(Br)cc1C(=O)[O-]. The molecular weight excluding hydrogens is 398 g/mol. The first-order valence-electron chi connectivity index (χ1n) is 7.02. The minimum absolute atomic E-state index is 0.118. The Hall–Kier alpha value is -2.05. The highest BCUT2D eigenvalue weighted by atomic mass is 79.9. The molecule has 0 aliphatic carbocycles. The van der Waals surface area contributed by atoms with Gasteiger partial charge in [0.1, 0.15) is 5.75 Å². The number of anilines is 1. The topological polar surface area (TPSA) is 78.5 Å². The molecule has 7 heteroatoms. The van der Waals surface area contributed by atoms with Crippen molar-refractivity contribution in [3.8, 4) is 5.75 Å². The number of ether oxygens (including phenoxy) is 1. The predicted octanol–water partition coefficient (Wildman–Crippen LogP) is 3.18. The van der Waals surface area contributed by atoms with Crippen molar-refractivity contribution in [3.63, 3.8) is 0 Å². The second-order valence-corrected chi connectivity index (χ2v) is 6.49. The van der Waals surface area contributed by atoms with Crippen molar-refractivity contribution in [1.82, 2.24) is 0 Å². The lowest BCUT2D eigenvalue weighted by atomic mass is 10.1. The van der Waals surface area contributed by atoms with Gasteiger partial charge >= 0.3 is 0 Å². The van der Waals surface area contributed by atoms with Gasteiger partial charge in [0.05, 0.1) is 5.97 Å². The molecule has 0 spiro atoms. The van der Waals surface area contributed by atoms with Crippen LogP contribution >= 0.6 is 27.5 Å². The molecule has 0 fully saturated rings. The Morgan fingerprint density at radius 2 is 1.96 bits per heavy atom. The number of halogens is 2. The van der Waals surface area contributed by atoms with Gasteiger partial charge in [-0.1, -0.05) is 27.5 Å². The molecule has 0 heterocycles. The van der Waals surface area contributed by atoms with Crippen LogP contribution < -0.4 is 15.2 Å². The van der Waals surface area contributed by atoms with Crippen LogP contribution in [0.25, 0.3) is 0 Å². The number of rotatable bonds is 5. The number of amides is 1. The van der Waals surface area contributed by atoms with Gasteiger partial charge < -0.3 is 20.0 Å². The van der Waals surface area contributed by atoms with Gasteiger partial charge in [0.15, 0.2) is 6.10 Å². The van der Waals surface area contributed by atoms with Gasteiger partial charge in [0.25, 0.3) is 5.91 Å². The summed E-state index contributed by atoms with van der Waals surface area (Å²) < 4.78 is 6.19. The Balaban J connectivity index is 2.13. The second-order valence-electron chi connectivity index (χ2n) is 5.14. The summed E-state index contributed by atoms with van der Waals surface area (Å²) in [6.07, 6.45) is -0.830. The van der Waals surface area contributed by atoms with Crippen LogP contribution in [0.15, 0.2) is 40.9 Å². The highest BCUT2D eigenvalue weighted by Crippen LogP contribution is 2.24.